The smallest absolute Gasteiger partial charge is 0.258 e. The number of nitrogens with one attached hydrogen (secondary N) is 1. The molecule has 1 aromatic carbocycles. The van der Waals surface area contributed by atoms with Gasteiger partial charge in [-0.25, -0.2) is 0 Å². The fourth-order valence-corrected chi connectivity index (χ4v) is 2.01. The van der Waals surface area contributed by atoms with Crippen molar-refractivity contribution in [2.75, 3.05) is 20.3 Å². The van der Waals surface area contributed by atoms with Crippen LogP contribution in [0.4, 0.5) is 0 Å². The molecule has 0 saturated heterocycles. The average molecular weight is 312 g/mol. The van der Waals surface area contributed by atoms with Crippen molar-refractivity contribution in [3.8, 4) is 23.0 Å². The van der Waals surface area contributed by atoms with Gasteiger partial charge in [0.1, 0.15) is 13.2 Å². The molecule has 1 aliphatic heterocycles. The van der Waals surface area contributed by atoms with Crippen LogP contribution in [0.5, 0.6) is 11.5 Å². The molecular weight excluding hydrogens is 294 g/mol. The third kappa shape index (κ3) is 3.46. The highest BCUT2D eigenvalue weighted by Gasteiger charge is 2.16. The van der Waals surface area contributed by atoms with Crippen LogP contribution in [-0.2, 0) is 6.42 Å². The van der Waals surface area contributed by atoms with Gasteiger partial charge in [0, 0.05) is 18.0 Å². The van der Waals surface area contributed by atoms with Gasteiger partial charge >= 0.3 is 0 Å². The monoisotopic (exact) mass is 311 g/mol. The first-order chi connectivity index (χ1) is 9.76. The number of ether oxygens (including phenoxy) is 2. The lowest BCUT2D eigenvalue weighted by Crippen LogP contribution is -2.24. The Hall–Kier alpha value is -1.79. The van der Waals surface area contributed by atoms with Crippen molar-refractivity contribution >= 4 is 12.4 Å². The van der Waals surface area contributed by atoms with Gasteiger partial charge in [0.2, 0.25) is 0 Å². The second kappa shape index (κ2) is 6.78. The first-order valence-corrected chi connectivity index (χ1v) is 6.66. The Bertz CT molecular complexity index is 603. The Morgan fingerprint density at radius 1 is 1.24 bits per heavy atom. The van der Waals surface area contributed by atoms with Crippen LogP contribution in [0.1, 0.15) is 12.7 Å². The van der Waals surface area contributed by atoms with Crippen LogP contribution in [0.2, 0.25) is 0 Å². The lowest BCUT2D eigenvalue weighted by atomic mass is 10.2. The van der Waals surface area contributed by atoms with E-state index in [2.05, 4.69) is 22.4 Å². The maximum absolute atomic E-state index is 5.55. The Morgan fingerprint density at radius 2 is 2.00 bits per heavy atom. The van der Waals surface area contributed by atoms with E-state index in [4.69, 9.17) is 14.0 Å². The second-order valence-corrected chi connectivity index (χ2v) is 4.77. The van der Waals surface area contributed by atoms with Crippen molar-refractivity contribution in [2.24, 2.45) is 0 Å². The number of fused-ring (bicyclic) bond motifs is 1. The van der Waals surface area contributed by atoms with Gasteiger partial charge in [0.05, 0.1) is 0 Å². The van der Waals surface area contributed by atoms with E-state index in [1.54, 1.807) is 0 Å². The van der Waals surface area contributed by atoms with Gasteiger partial charge < -0.3 is 19.3 Å². The molecule has 3 rings (SSSR count). The Morgan fingerprint density at radius 3 is 2.76 bits per heavy atom. The SMILES string of the molecule is CNC(C)Cc1noc(-c2ccc3c(c2)OCCO3)n1.Cl. The molecule has 1 aliphatic rings. The Labute approximate surface area is 129 Å². The van der Waals surface area contributed by atoms with E-state index in [1.807, 2.05) is 25.2 Å². The van der Waals surface area contributed by atoms with Crippen LogP contribution in [-0.4, -0.2) is 36.4 Å². The van der Waals surface area contributed by atoms with E-state index in [0.29, 0.717) is 31.0 Å². The topological polar surface area (TPSA) is 69.4 Å². The fraction of sp³-hybridized carbons (Fsp3) is 0.429. The lowest BCUT2D eigenvalue weighted by molar-refractivity contribution is 0.171. The molecule has 0 spiro atoms. The summed E-state index contributed by atoms with van der Waals surface area (Å²) in [7, 11) is 1.91. The summed E-state index contributed by atoms with van der Waals surface area (Å²) in [4.78, 5) is 4.40. The minimum absolute atomic E-state index is 0. The zero-order valence-electron chi connectivity index (χ0n) is 12.0. The molecule has 1 atom stereocenters. The second-order valence-electron chi connectivity index (χ2n) is 4.77. The predicted molar refractivity (Wildman–Crippen MR) is 80.2 cm³/mol. The first-order valence-electron chi connectivity index (χ1n) is 6.66. The van der Waals surface area contributed by atoms with Crippen LogP contribution in [0.25, 0.3) is 11.5 Å². The molecular formula is C14H18ClN3O3. The summed E-state index contributed by atoms with van der Waals surface area (Å²) < 4.78 is 16.3. The minimum Gasteiger partial charge on any atom is -0.486 e. The third-order valence-electron chi connectivity index (χ3n) is 3.24. The molecule has 114 valence electrons. The molecule has 1 aromatic heterocycles. The number of benzene rings is 1. The largest absolute Gasteiger partial charge is 0.486 e. The lowest BCUT2D eigenvalue weighted by Gasteiger charge is -2.18. The van der Waals surface area contributed by atoms with Crippen molar-refractivity contribution in [3.63, 3.8) is 0 Å². The number of hydrogen-bond donors (Lipinski definition) is 1. The normalized spacial score (nSPS) is 14.4. The standard InChI is InChI=1S/C14H17N3O3.ClH/c1-9(15-2)7-13-16-14(20-17-13)10-3-4-11-12(8-10)19-6-5-18-11;/h3-4,8-9,15H,5-7H2,1-2H3;1H. The first kappa shape index (κ1) is 15.6. The molecule has 21 heavy (non-hydrogen) atoms. The molecule has 0 bridgehead atoms. The van der Waals surface area contributed by atoms with Crippen molar-refractivity contribution in [3.05, 3.63) is 24.0 Å². The van der Waals surface area contributed by atoms with Crippen molar-refractivity contribution in [1.29, 1.82) is 0 Å². The number of aromatic nitrogens is 2. The maximum atomic E-state index is 5.55. The third-order valence-corrected chi connectivity index (χ3v) is 3.24. The molecule has 0 saturated carbocycles. The number of nitrogens with zero attached hydrogens (tertiary/aromatic N) is 2. The van der Waals surface area contributed by atoms with Gasteiger partial charge in [-0.15, -0.1) is 12.4 Å². The molecule has 0 radical (unpaired) electrons. The van der Waals surface area contributed by atoms with Gasteiger partial charge in [0.15, 0.2) is 17.3 Å². The summed E-state index contributed by atoms with van der Waals surface area (Å²) in [6, 6.07) is 5.93. The zero-order valence-corrected chi connectivity index (χ0v) is 12.8. The highest BCUT2D eigenvalue weighted by atomic mass is 35.5. The summed E-state index contributed by atoms with van der Waals surface area (Å²) in [5.41, 5.74) is 0.838. The number of hydrogen-bond acceptors (Lipinski definition) is 6. The van der Waals surface area contributed by atoms with Gasteiger partial charge in [0.25, 0.3) is 5.89 Å². The van der Waals surface area contributed by atoms with Crippen LogP contribution < -0.4 is 14.8 Å². The quantitative estimate of drug-likeness (QED) is 0.932. The van der Waals surface area contributed by atoms with Gasteiger partial charge in [-0.1, -0.05) is 5.16 Å². The van der Waals surface area contributed by atoms with Crippen molar-refractivity contribution in [1.82, 2.24) is 15.5 Å². The molecule has 1 unspecified atom stereocenters. The maximum Gasteiger partial charge on any atom is 0.258 e. The van der Waals surface area contributed by atoms with E-state index >= 15 is 0 Å². The molecule has 7 heteroatoms. The minimum atomic E-state index is 0. The van der Waals surface area contributed by atoms with Crippen LogP contribution in [0, 0.1) is 0 Å². The molecule has 6 nitrogen and oxygen atoms in total. The summed E-state index contributed by atoms with van der Waals surface area (Å²) >= 11 is 0. The zero-order chi connectivity index (χ0) is 13.9. The van der Waals surface area contributed by atoms with Crippen LogP contribution in [0.15, 0.2) is 22.7 Å². The Balaban J connectivity index is 0.00000161. The molecule has 2 heterocycles. The highest BCUT2D eigenvalue weighted by molar-refractivity contribution is 5.85. The molecule has 1 N–H and O–H groups in total. The molecule has 0 aliphatic carbocycles. The highest BCUT2D eigenvalue weighted by Crippen LogP contribution is 2.33. The van der Waals surface area contributed by atoms with E-state index in [-0.39, 0.29) is 12.4 Å². The number of rotatable bonds is 4. The van der Waals surface area contributed by atoms with Crippen LogP contribution in [0.3, 0.4) is 0 Å². The van der Waals surface area contributed by atoms with Crippen LogP contribution >= 0.6 is 12.4 Å². The average Bonchev–Trinajstić information content (AvgIpc) is 2.95. The van der Waals surface area contributed by atoms with E-state index < -0.39 is 0 Å². The Kier molecular flexibility index (Phi) is 5.03. The van der Waals surface area contributed by atoms with Gasteiger partial charge in [-0.05, 0) is 32.2 Å². The summed E-state index contributed by atoms with van der Waals surface area (Å²) in [5.74, 6) is 2.66. The van der Waals surface area contributed by atoms with Gasteiger partial charge in [-0.3, -0.25) is 0 Å². The summed E-state index contributed by atoms with van der Waals surface area (Å²) in [6.07, 6.45) is 0.727. The molecule has 0 fully saturated rings. The summed E-state index contributed by atoms with van der Waals surface area (Å²) in [5, 5.41) is 7.14. The van der Waals surface area contributed by atoms with E-state index in [1.165, 1.54) is 0 Å². The molecule has 0 amide bonds. The number of likely N-dealkylation sites (N-methyl/N-ethyl adjacent to an activating group) is 1. The van der Waals surface area contributed by atoms with E-state index in [0.717, 1.165) is 23.5 Å². The van der Waals surface area contributed by atoms with Gasteiger partial charge in [-0.2, -0.15) is 4.98 Å². The summed E-state index contributed by atoms with van der Waals surface area (Å²) in [6.45, 7) is 3.21. The van der Waals surface area contributed by atoms with E-state index in [9.17, 15) is 0 Å². The van der Waals surface area contributed by atoms with Crippen molar-refractivity contribution < 1.29 is 14.0 Å². The van der Waals surface area contributed by atoms with Crippen molar-refractivity contribution in [2.45, 2.75) is 19.4 Å². The number of halogens is 1. The fourth-order valence-electron chi connectivity index (χ4n) is 2.01. The molecule has 2 aromatic rings. The predicted octanol–water partition coefficient (Wildman–Crippen LogP) is 2.08.